The van der Waals surface area contributed by atoms with Gasteiger partial charge in [-0.1, -0.05) is 86.3 Å². The van der Waals surface area contributed by atoms with Crippen molar-refractivity contribution < 1.29 is 10.2 Å². The fraction of sp³-hybridized carbons (Fsp3) is 0.929. The molecular weight excluding hydrogens is 368 g/mol. The van der Waals surface area contributed by atoms with Gasteiger partial charge in [0.25, 0.3) is 0 Å². The Morgan fingerprint density at radius 2 is 1.73 bits per heavy atom. The standard InChI is InChI=1S/C28H50O2/c1-8-22-25-23(27(7)15-9-10-16-28(27,30)24(25)18-29)14-17-26(22,6)21(5)20(4)13-11-12-19(2)3/h10,16,19-25,29-30H,8-9,11-15,17-18H2,1-7H3/t20-,21-,22?,23?,24-,25?,26-,27-,28-/m1/s1. The van der Waals surface area contributed by atoms with E-state index in [9.17, 15) is 10.2 Å². The molecule has 3 aliphatic carbocycles. The molecule has 0 aromatic carbocycles. The number of rotatable bonds is 8. The third-order valence-corrected chi connectivity index (χ3v) is 10.7. The van der Waals surface area contributed by atoms with Gasteiger partial charge in [0.05, 0.1) is 5.60 Å². The average molecular weight is 419 g/mol. The minimum Gasteiger partial charge on any atom is -0.396 e. The monoisotopic (exact) mass is 418 g/mol. The zero-order valence-electron chi connectivity index (χ0n) is 21.0. The van der Waals surface area contributed by atoms with Gasteiger partial charge in [0.1, 0.15) is 0 Å². The van der Waals surface area contributed by atoms with Crippen molar-refractivity contribution in [3.63, 3.8) is 0 Å². The van der Waals surface area contributed by atoms with E-state index >= 15 is 0 Å². The summed E-state index contributed by atoms with van der Waals surface area (Å²) in [5, 5.41) is 22.4. The predicted molar refractivity (Wildman–Crippen MR) is 127 cm³/mol. The molecule has 174 valence electrons. The largest absolute Gasteiger partial charge is 0.396 e. The molecule has 2 nitrogen and oxygen atoms in total. The molecule has 3 aliphatic rings. The lowest BCUT2D eigenvalue weighted by molar-refractivity contribution is -0.0756. The van der Waals surface area contributed by atoms with Crippen LogP contribution in [0.25, 0.3) is 0 Å². The number of allylic oxidation sites excluding steroid dienone is 1. The van der Waals surface area contributed by atoms with E-state index in [1.54, 1.807) is 0 Å². The molecule has 2 N–H and O–H groups in total. The number of fused-ring (bicyclic) bond motifs is 3. The molecule has 3 rings (SSSR count). The van der Waals surface area contributed by atoms with Gasteiger partial charge in [-0.2, -0.15) is 0 Å². The molecule has 0 aromatic rings. The maximum atomic E-state index is 11.9. The van der Waals surface area contributed by atoms with E-state index in [1.165, 1.54) is 32.1 Å². The van der Waals surface area contributed by atoms with E-state index in [4.69, 9.17) is 0 Å². The summed E-state index contributed by atoms with van der Waals surface area (Å²) in [6, 6.07) is 0. The minimum atomic E-state index is -0.833. The molecule has 0 spiro atoms. The lowest BCUT2D eigenvalue weighted by atomic mass is 9.50. The van der Waals surface area contributed by atoms with Gasteiger partial charge in [0.2, 0.25) is 0 Å². The first-order valence-electron chi connectivity index (χ1n) is 13.1. The van der Waals surface area contributed by atoms with Crippen molar-refractivity contribution in [2.75, 3.05) is 6.61 Å². The summed E-state index contributed by atoms with van der Waals surface area (Å²) in [6.07, 6.45) is 14.0. The second kappa shape index (κ2) is 8.89. The first-order chi connectivity index (χ1) is 14.1. The third kappa shape index (κ3) is 3.62. The summed E-state index contributed by atoms with van der Waals surface area (Å²) in [7, 11) is 0. The molecule has 0 heterocycles. The summed E-state index contributed by atoms with van der Waals surface area (Å²) in [6.45, 7) is 17.0. The Morgan fingerprint density at radius 3 is 2.33 bits per heavy atom. The number of aliphatic hydroxyl groups excluding tert-OH is 1. The zero-order valence-corrected chi connectivity index (χ0v) is 21.0. The fourth-order valence-corrected chi connectivity index (χ4v) is 8.54. The Labute approximate surface area is 186 Å². The van der Waals surface area contributed by atoms with Crippen LogP contribution in [0.3, 0.4) is 0 Å². The summed E-state index contributed by atoms with van der Waals surface area (Å²) in [4.78, 5) is 0. The minimum absolute atomic E-state index is 0.0166. The number of aliphatic hydroxyl groups is 2. The second-order valence-corrected chi connectivity index (χ2v) is 12.3. The van der Waals surface area contributed by atoms with Gasteiger partial charge in [-0.25, -0.2) is 0 Å². The van der Waals surface area contributed by atoms with Crippen molar-refractivity contribution in [2.45, 2.75) is 105 Å². The SMILES string of the molecule is CCC1C2C(CC[C@]1(C)[C@H](C)[C@H](C)CCCC(C)C)[C@@]1(C)CCC=C[C@@]1(O)[C@@H]2CO. The van der Waals surface area contributed by atoms with E-state index in [0.717, 1.165) is 31.1 Å². The Kier molecular flexibility index (Phi) is 7.20. The topological polar surface area (TPSA) is 40.5 Å². The summed E-state index contributed by atoms with van der Waals surface area (Å²) in [5.74, 6) is 3.73. The van der Waals surface area contributed by atoms with Gasteiger partial charge in [0, 0.05) is 17.9 Å². The molecule has 3 unspecified atom stereocenters. The van der Waals surface area contributed by atoms with Crippen LogP contribution in [0.4, 0.5) is 0 Å². The smallest absolute Gasteiger partial charge is 0.0936 e. The van der Waals surface area contributed by atoms with E-state index in [-0.39, 0.29) is 17.9 Å². The number of hydrogen-bond acceptors (Lipinski definition) is 2. The van der Waals surface area contributed by atoms with Crippen molar-refractivity contribution in [1.82, 2.24) is 0 Å². The second-order valence-electron chi connectivity index (χ2n) is 12.3. The van der Waals surface area contributed by atoms with Crippen molar-refractivity contribution in [3.05, 3.63) is 12.2 Å². The highest BCUT2D eigenvalue weighted by atomic mass is 16.3. The highest BCUT2D eigenvalue weighted by Gasteiger charge is 2.69. The maximum absolute atomic E-state index is 11.9. The van der Waals surface area contributed by atoms with E-state index in [0.29, 0.717) is 29.1 Å². The maximum Gasteiger partial charge on any atom is 0.0936 e. The van der Waals surface area contributed by atoms with Crippen LogP contribution in [0, 0.1) is 52.3 Å². The van der Waals surface area contributed by atoms with Crippen LogP contribution in [-0.2, 0) is 0 Å². The van der Waals surface area contributed by atoms with Gasteiger partial charge in [-0.3, -0.25) is 0 Å². The molecule has 9 atom stereocenters. The van der Waals surface area contributed by atoms with Crippen molar-refractivity contribution >= 4 is 0 Å². The summed E-state index contributed by atoms with van der Waals surface area (Å²) >= 11 is 0. The Hall–Kier alpha value is -0.340. The van der Waals surface area contributed by atoms with Crippen LogP contribution in [0.2, 0.25) is 0 Å². The Morgan fingerprint density at radius 1 is 1.03 bits per heavy atom. The quantitative estimate of drug-likeness (QED) is 0.423. The average Bonchev–Trinajstić information content (AvgIpc) is 2.90. The lowest BCUT2D eigenvalue weighted by Gasteiger charge is -2.55. The summed E-state index contributed by atoms with van der Waals surface area (Å²) in [5.41, 5.74) is -0.620. The van der Waals surface area contributed by atoms with Gasteiger partial charge in [-0.15, -0.1) is 0 Å². The highest BCUT2D eigenvalue weighted by Crippen LogP contribution is 2.70. The van der Waals surface area contributed by atoms with Gasteiger partial charge in [0.15, 0.2) is 0 Å². The van der Waals surface area contributed by atoms with Crippen LogP contribution in [0.15, 0.2) is 12.2 Å². The van der Waals surface area contributed by atoms with Gasteiger partial charge in [-0.05, 0) is 66.6 Å². The first kappa shape index (κ1) is 24.3. The molecule has 0 aromatic heterocycles. The molecule has 0 amide bonds. The number of hydrogen-bond donors (Lipinski definition) is 2. The van der Waals surface area contributed by atoms with Crippen molar-refractivity contribution in [1.29, 1.82) is 0 Å². The fourth-order valence-electron chi connectivity index (χ4n) is 8.54. The molecule has 2 heteroatoms. The van der Waals surface area contributed by atoms with E-state index < -0.39 is 5.60 Å². The Bertz CT molecular complexity index is 612. The Balaban J connectivity index is 1.88. The van der Waals surface area contributed by atoms with E-state index in [1.807, 2.05) is 0 Å². The molecule has 2 fully saturated rings. The van der Waals surface area contributed by atoms with Crippen LogP contribution in [0.5, 0.6) is 0 Å². The van der Waals surface area contributed by atoms with Crippen molar-refractivity contribution in [3.8, 4) is 0 Å². The predicted octanol–water partition coefficient (Wildman–Crippen LogP) is 6.85. The molecule has 0 radical (unpaired) electrons. The van der Waals surface area contributed by atoms with E-state index in [2.05, 4.69) is 60.6 Å². The van der Waals surface area contributed by atoms with Crippen LogP contribution >= 0.6 is 0 Å². The highest BCUT2D eigenvalue weighted by molar-refractivity contribution is 5.26. The molecule has 0 aliphatic heterocycles. The zero-order chi connectivity index (χ0) is 22.3. The molecule has 0 saturated heterocycles. The molecule has 30 heavy (non-hydrogen) atoms. The molecule has 2 saturated carbocycles. The van der Waals surface area contributed by atoms with Gasteiger partial charge >= 0.3 is 0 Å². The summed E-state index contributed by atoms with van der Waals surface area (Å²) < 4.78 is 0. The first-order valence-corrected chi connectivity index (χ1v) is 13.1. The van der Waals surface area contributed by atoms with Crippen LogP contribution in [0.1, 0.15) is 99.8 Å². The lowest BCUT2D eigenvalue weighted by Crippen LogP contribution is -2.49. The third-order valence-electron chi connectivity index (χ3n) is 10.7. The molecular formula is C28H50O2. The normalized spacial score (nSPS) is 45.3. The van der Waals surface area contributed by atoms with Gasteiger partial charge < -0.3 is 10.2 Å². The van der Waals surface area contributed by atoms with Crippen molar-refractivity contribution in [2.24, 2.45) is 52.3 Å². The molecule has 0 bridgehead atoms. The van der Waals surface area contributed by atoms with Crippen LogP contribution in [-0.4, -0.2) is 22.4 Å². The van der Waals surface area contributed by atoms with Crippen LogP contribution < -0.4 is 0 Å².